The van der Waals surface area contributed by atoms with E-state index in [1.807, 2.05) is 0 Å². The SMILES string of the molecule is NS(=O)(=O)C1CCCN(C(=O)c2ccc(F)cc2Cl)C1. The van der Waals surface area contributed by atoms with E-state index < -0.39 is 27.0 Å². The molecule has 1 amide bonds. The first kappa shape index (κ1) is 15.2. The molecule has 0 aromatic heterocycles. The van der Waals surface area contributed by atoms with Crippen molar-refractivity contribution in [3.63, 3.8) is 0 Å². The zero-order valence-electron chi connectivity index (χ0n) is 10.6. The number of halogens is 2. The van der Waals surface area contributed by atoms with Crippen molar-refractivity contribution >= 4 is 27.5 Å². The Kier molecular flexibility index (Phi) is 4.31. The fourth-order valence-corrected chi connectivity index (χ4v) is 3.36. The number of primary sulfonamides is 1. The Morgan fingerprint density at radius 2 is 2.15 bits per heavy atom. The van der Waals surface area contributed by atoms with Crippen LogP contribution in [0.15, 0.2) is 18.2 Å². The Morgan fingerprint density at radius 3 is 2.75 bits per heavy atom. The second-order valence-corrected chi connectivity index (χ2v) is 6.98. The van der Waals surface area contributed by atoms with Gasteiger partial charge in [-0.15, -0.1) is 0 Å². The van der Waals surface area contributed by atoms with Crippen LogP contribution in [0.5, 0.6) is 0 Å². The van der Waals surface area contributed by atoms with Crippen LogP contribution in [0.2, 0.25) is 5.02 Å². The Balaban J connectivity index is 2.21. The quantitative estimate of drug-likeness (QED) is 0.893. The topological polar surface area (TPSA) is 80.5 Å². The average Bonchev–Trinajstić information content (AvgIpc) is 2.37. The first-order valence-electron chi connectivity index (χ1n) is 6.05. The van der Waals surface area contributed by atoms with E-state index >= 15 is 0 Å². The monoisotopic (exact) mass is 320 g/mol. The lowest BCUT2D eigenvalue weighted by molar-refractivity contribution is 0.0727. The lowest BCUT2D eigenvalue weighted by Gasteiger charge is -2.31. The van der Waals surface area contributed by atoms with Crippen LogP contribution in [-0.4, -0.2) is 37.6 Å². The number of carbonyl (C=O) groups excluding carboxylic acids is 1. The molecule has 0 spiro atoms. The molecule has 1 atom stereocenters. The van der Waals surface area contributed by atoms with Crippen molar-refractivity contribution in [1.29, 1.82) is 0 Å². The summed E-state index contributed by atoms with van der Waals surface area (Å²) >= 11 is 5.84. The minimum Gasteiger partial charge on any atom is -0.337 e. The molecule has 1 aliphatic rings. The molecule has 1 saturated heterocycles. The molecular formula is C12H14ClFN2O3S. The zero-order chi connectivity index (χ0) is 14.9. The molecule has 8 heteroatoms. The van der Waals surface area contributed by atoms with Crippen LogP contribution in [0.3, 0.4) is 0 Å². The van der Waals surface area contributed by atoms with Gasteiger partial charge in [0.2, 0.25) is 10.0 Å². The maximum Gasteiger partial charge on any atom is 0.255 e. The third kappa shape index (κ3) is 3.28. The van der Waals surface area contributed by atoms with Gasteiger partial charge in [0.15, 0.2) is 0 Å². The van der Waals surface area contributed by atoms with Crippen LogP contribution in [0, 0.1) is 5.82 Å². The molecule has 0 saturated carbocycles. The van der Waals surface area contributed by atoms with Gasteiger partial charge in [-0.3, -0.25) is 4.79 Å². The van der Waals surface area contributed by atoms with E-state index in [-0.39, 0.29) is 17.1 Å². The zero-order valence-corrected chi connectivity index (χ0v) is 12.1. The van der Waals surface area contributed by atoms with Crippen LogP contribution in [0.4, 0.5) is 4.39 Å². The van der Waals surface area contributed by atoms with Gasteiger partial charge in [-0.25, -0.2) is 17.9 Å². The van der Waals surface area contributed by atoms with Gasteiger partial charge in [-0.05, 0) is 31.0 Å². The highest BCUT2D eigenvalue weighted by Gasteiger charge is 2.31. The maximum atomic E-state index is 13.0. The van der Waals surface area contributed by atoms with E-state index in [1.165, 1.54) is 11.0 Å². The van der Waals surface area contributed by atoms with Gasteiger partial charge in [-0.2, -0.15) is 0 Å². The summed E-state index contributed by atoms with van der Waals surface area (Å²) in [6.45, 7) is 0.462. The fraction of sp³-hybridized carbons (Fsp3) is 0.417. The Hall–Kier alpha value is -1.18. The highest BCUT2D eigenvalue weighted by Crippen LogP contribution is 2.22. The first-order valence-corrected chi connectivity index (χ1v) is 8.03. The van der Waals surface area contributed by atoms with Gasteiger partial charge in [0, 0.05) is 13.1 Å². The molecule has 1 aromatic rings. The molecule has 0 aliphatic carbocycles. The molecular weight excluding hydrogens is 307 g/mol. The number of benzene rings is 1. The highest BCUT2D eigenvalue weighted by molar-refractivity contribution is 7.89. The predicted octanol–water partition coefficient (Wildman–Crippen LogP) is 1.37. The number of piperidine rings is 1. The molecule has 110 valence electrons. The first-order chi connectivity index (χ1) is 9.29. The van der Waals surface area contributed by atoms with E-state index in [9.17, 15) is 17.6 Å². The Bertz CT molecular complexity index is 636. The van der Waals surface area contributed by atoms with Crippen molar-refractivity contribution in [2.24, 2.45) is 5.14 Å². The Morgan fingerprint density at radius 1 is 1.45 bits per heavy atom. The number of nitrogens with two attached hydrogens (primary N) is 1. The van der Waals surface area contributed by atoms with Crippen molar-refractivity contribution in [3.05, 3.63) is 34.6 Å². The lowest BCUT2D eigenvalue weighted by atomic mass is 10.1. The largest absolute Gasteiger partial charge is 0.337 e. The molecule has 1 unspecified atom stereocenters. The van der Waals surface area contributed by atoms with E-state index in [0.717, 1.165) is 12.1 Å². The number of carbonyl (C=O) groups is 1. The molecule has 20 heavy (non-hydrogen) atoms. The summed E-state index contributed by atoms with van der Waals surface area (Å²) in [4.78, 5) is 13.7. The number of hydrogen-bond acceptors (Lipinski definition) is 3. The summed E-state index contributed by atoms with van der Waals surface area (Å²) in [5.41, 5.74) is 0.156. The number of likely N-dealkylation sites (tertiary alicyclic amines) is 1. The van der Waals surface area contributed by atoms with Gasteiger partial charge in [-0.1, -0.05) is 11.6 Å². The van der Waals surface area contributed by atoms with Crippen molar-refractivity contribution in [2.75, 3.05) is 13.1 Å². The van der Waals surface area contributed by atoms with Crippen molar-refractivity contribution in [2.45, 2.75) is 18.1 Å². The van der Waals surface area contributed by atoms with Gasteiger partial charge >= 0.3 is 0 Å². The third-order valence-corrected chi connectivity index (χ3v) is 4.92. The number of rotatable bonds is 2. The van der Waals surface area contributed by atoms with Crippen molar-refractivity contribution < 1.29 is 17.6 Å². The van der Waals surface area contributed by atoms with Crippen LogP contribution in [-0.2, 0) is 10.0 Å². The molecule has 5 nitrogen and oxygen atoms in total. The molecule has 1 heterocycles. The van der Waals surface area contributed by atoms with E-state index in [0.29, 0.717) is 19.4 Å². The van der Waals surface area contributed by atoms with Gasteiger partial charge in [0.25, 0.3) is 5.91 Å². The third-order valence-electron chi connectivity index (χ3n) is 3.29. The summed E-state index contributed by atoms with van der Waals surface area (Å²) in [5, 5.41) is 4.36. The summed E-state index contributed by atoms with van der Waals surface area (Å²) in [7, 11) is -3.68. The molecule has 1 aromatic carbocycles. The van der Waals surface area contributed by atoms with Crippen molar-refractivity contribution in [1.82, 2.24) is 4.90 Å². The van der Waals surface area contributed by atoms with Crippen LogP contribution in [0.25, 0.3) is 0 Å². The molecule has 2 rings (SSSR count). The number of nitrogens with zero attached hydrogens (tertiary/aromatic N) is 1. The summed E-state index contributed by atoms with van der Waals surface area (Å²) < 4.78 is 35.7. The minimum absolute atomic E-state index is 0.00716. The lowest BCUT2D eigenvalue weighted by Crippen LogP contribution is -2.47. The summed E-state index contributed by atoms with van der Waals surface area (Å²) in [6.07, 6.45) is 0.978. The summed E-state index contributed by atoms with van der Waals surface area (Å²) in [5.74, 6) is -0.948. The smallest absolute Gasteiger partial charge is 0.255 e. The van der Waals surface area contributed by atoms with Crippen LogP contribution >= 0.6 is 11.6 Å². The predicted molar refractivity (Wildman–Crippen MR) is 73.4 cm³/mol. The second-order valence-electron chi connectivity index (χ2n) is 4.73. The fourth-order valence-electron chi connectivity index (χ4n) is 2.22. The Labute approximate surface area is 121 Å². The number of amides is 1. The van der Waals surface area contributed by atoms with E-state index in [1.54, 1.807) is 0 Å². The van der Waals surface area contributed by atoms with Crippen LogP contribution in [0.1, 0.15) is 23.2 Å². The van der Waals surface area contributed by atoms with Gasteiger partial charge in [0.05, 0.1) is 15.8 Å². The molecule has 1 aliphatic heterocycles. The van der Waals surface area contributed by atoms with Crippen molar-refractivity contribution in [3.8, 4) is 0 Å². The minimum atomic E-state index is -3.68. The normalized spacial score (nSPS) is 19.9. The molecule has 0 bridgehead atoms. The van der Waals surface area contributed by atoms with E-state index in [4.69, 9.17) is 16.7 Å². The number of hydrogen-bond donors (Lipinski definition) is 1. The maximum absolute atomic E-state index is 13.0. The second kappa shape index (κ2) is 5.67. The summed E-state index contributed by atoms with van der Waals surface area (Å²) in [6, 6.07) is 3.48. The number of sulfonamides is 1. The van der Waals surface area contributed by atoms with Crippen LogP contribution < -0.4 is 5.14 Å². The highest BCUT2D eigenvalue weighted by atomic mass is 35.5. The van der Waals surface area contributed by atoms with Gasteiger partial charge < -0.3 is 4.90 Å². The molecule has 2 N–H and O–H groups in total. The molecule has 0 radical (unpaired) electrons. The standard InChI is InChI=1S/C12H14ClFN2O3S/c13-11-6-8(14)3-4-10(11)12(17)16-5-1-2-9(7-16)20(15,18)19/h3-4,6,9H,1-2,5,7H2,(H2,15,18,19). The molecule has 1 fully saturated rings. The van der Waals surface area contributed by atoms with Gasteiger partial charge in [0.1, 0.15) is 5.82 Å². The van der Waals surface area contributed by atoms with E-state index in [2.05, 4.69) is 0 Å². The average molecular weight is 321 g/mol.